The van der Waals surface area contributed by atoms with Crippen LogP contribution in [-0.4, -0.2) is 29.8 Å². The number of rotatable bonds is 5. The Hall–Kier alpha value is -1.43. The Bertz CT molecular complexity index is 577. The van der Waals surface area contributed by atoms with Crippen LogP contribution in [0.5, 0.6) is 0 Å². The molecule has 1 fully saturated rings. The molecule has 1 heterocycles. The Balaban J connectivity index is 1.90. The van der Waals surface area contributed by atoms with E-state index < -0.39 is 0 Å². The molecule has 0 bridgehead atoms. The van der Waals surface area contributed by atoms with Crippen molar-refractivity contribution in [1.82, 2.24) is 10.2 Å². The van der Waals surface area contributed by atoms with Gasteiger partial charge in [-0.2, -0.15) is 0 Å². The molecule has 1 aromatic carbocycles. The van der Waals surface area contributed by atoms with E-state index in [1.165, 1.54) is 6.07 Å². The van der Waals surface area contributed by atoms with E-state index in [1.54, 1.807) is 17.0 Å². The van der Waals surface area contributed by atoms with Crippen LogP contribution in [0, 0.1) is 17.7 Å². The van der Waals surface area contributed by atoms with Crippen molar-refractivity contribution in [2.24, 2.45) is 11.8 Å². The van der Waals surface area contributed by atoms with Crippen LogP contribution < -0.4 is 5.32 Å². The van der Waals surface area contributed by atoms with Crippen LogP contribution in [0.4, 0.5) is 4.39 Å². The molecule has 4 nitrogen and oxygen atoms in total. The van der Waals surface area contributed by atoms with E-state index in [1.807, 2.05) is 13.8 Å². The van der Waals surface area contributed by atoms with Crippen molar-refractivity contribution in [2.75, 3.05) is 13.1 Å². The summed E-state index contributed by atoms with van der Waals surface area (Å²) in [6, 6.07) is 4.61. The zero-order chi connectivity index (χ0) is 16.3. The molecule has 1 N–H and O–H groups in total. The number of benzene rings is 1. The summed E-state index contributed by atoms with van der Waals surface area (Å²) in [6.07, 6.45) is 0.236. The first-order valence-electron chi connectivity index (χ1n) is 7.36. The predicted octanol–water partition coefficient (Wildman–Crippen LogP) is 2.71. The minimum Gasteiger partial charge on any atom is -0.352 e. The number of nitrogens with zero attached hydrogens (tertiary/aromatic N) is 1. The molecule has 0 spiro atoms. The summed E-state index contributed by atoms with van der Waals surface area (Å²) < 4.78 is 14.4. The summed E-state index contributed by atoms with van der Waals surface area (Å²) >= 11 is 3.28. The van der Waals surface area contributed by atoms with Gasteiger partial charge in [0.15, 0.2) is 0 Å². The highest BCUT2D eigenvalue weighted by Crippen LogP contribution is 2.20. The van der Waals surface area contributed by atoms with Gasteiger partial charge in [-0.25, -0.2) is 4.39 Å². The highest BCUT2D eigenvalue weighted by molar-refractivity contribution is 9.10. The second-order valence-electron chi connectivity index (χ2n) is 6.05. The molecule has 1 aliphatic heterocycles. The third-order valence-electron chi connectivity index (χ3n) is 3.63. The Labute approximate surface area is 138 Å². The monoisotopic (exact) mass is 370 g/mol. The number of hydrogen-bond acceptors (Lipinski definition) is 2. The maximum absolute atomic E-state index is 13.6. The van der Waals surface area contributed by atoms with Gasteiger partial charge in [0.2, 0.25) is 11.8 Å². The zero-order valence-electron chi connectivity index (χ0n) is 12.7. The molecule has 1 unspecified atom stereocenters. The van der Waals surface area contributed by atoms with Crippen molar-refractivity contribution >= 4 is 27.7 Å². The van der Waals surface area contributed by atoms with Gasteiger partial charge in [0.1, 0.15) is 5.82 Å². The predicted molar refractivity (Wildman–Crippen MR) is 85.5 cm³/mol. The van der Waals surface area contributed by atoms with Crippen LogP contribution in [0.15, 0.2) is 22.7 Å². The fourth-order valence-electron chi connectivity index (χ4n) is 2.57. The molecule has 22 heavy (non-hydrogen) atoms. The fourth-order valence-corrected chi connectivity index (χ4v) is 2.98. The van der Waals surface area contributed by atoms with E-state index in [2.05, 4.69) is 21.2 Å². The molecule has 1 aromatic rings. The normalized spacial score (nSPS) is 18.1. The van der Waals surface area contributed by atoms with E-state index in [0.717, 1.165) is 4.47 Å². The van der Waals surface area contributed by atoms with E-state index in [0.29, 0.717) is 24.6 Å². The second kappa shape index (κ2) is 7.22. The molecule has 0 aliphatic carbocycles. The maximum Gasteiger partial charge on any atom is 0.225 e. The minimum absolute atomic E-state index is 0.0162. The van der Waals surface area contributed by atoms with E-state index >= 15 is 0 Å². The van der Waals surface area contributed by atoms with Gasteiger partial charge >= 0.3 is 0 Å². The summed E-state index contributed by atoms with van der Waals surface area (Å²) in [5.74, 6) is -0.503. The van der Waals surface area contributed by atoms with Gasteiger partial charge in [-0.05, 0) is 24.1 Å². The summed E-state index contributed by atoms with van der Waals surface area (Å²) in [5, 5.41) is 2.72. The van der Waals surface area contributed by atoms with Crippen molar-refractivity contribution in [1.29, 1.82) is 0 Å². The lowest BCUT2D eigenvalue weighted by molar-refractivity contribution is -0.129. The minimum atomic E-state index is -0.354. The van der Waals surface area contributed by atoms with Crippen LogP contribution in [0.2, 0.25) is 0 Å². The summed E-state index contributed by atoms with van der Waals surface area (Å²) in [5.41, 5.74) is 0.422. The Morgan fingerprint density at radius 3 is 2.91 bits per heavy atom. The van der Waals surface area contributed by atoms with Crippen LogP contribution in [0.1, 0.15) is 25.8 Å². The highest BCUT2D eigenvalue weighted by Gasteiger charge is 2.34. The molecule has 2 rings (SSSR count). The average molecular weight is 371 g/mol. The summed E-state index contributed by atoms with van der Waals surface area (Å²) in [6.45, 7) is 5.32. The van der Waals surface area contributed by atoms with Crippen molar-refractivity contribution < 1.29 is 14.0 Å². The Kier molecular flexibility index (Phi) is 5.56. The van der Waals surface area contributed by atoms with Crippen LogP contribution in [0.3, 0.4) is 0 Å². The molecular weight excluding hydrogens is 351 g/mol. The topological polar surface area (TPSA) is 49.4 Å². The molecule has 1 atom stereocenters. The fraction of sp³-hybridized carbons (Fsp3) is 0.500. The van der Waals surface area contributed by atoms with E-state index in [4.69, 9.17) is 0 Å². The van der Waals surface area contributed by atoms with Crippen molar-refractivity contribution in [3.05, 3.63) is 34.1 Å². The molecule has 2 amide bonds. The molecule has 0 saturated carbocycles. The summed E-state index contributed by atoms with van der Waals surface area (Å²) in [4.78, 5) is 25.8. The highest BCUT2D eigenvalue weighted by atomic mass is 79.9. The smallest absolute Gasteiger partial charge is 0.225 e. The van der Waals surface area contributed by atoms with Gasteiger partial charge in [-0.1, -0.05) is 29.8 Å². The molecule has 120 valence electrons. The number of hydrogen-bond donors (Lipinski definition) is 1. The van der Waals surface area contributed by atoms with Crippen molar-refractivity contribution in [2.45, 2.75) is 26.8 Å². The lowest BCUT2D eigenvalue weighted by Gasteiger charge is -2.18. The molecule has 0 radical (unpaired) electrons. The van der Waals surface area contributed by atoms with Crippen molar-refractivity contribution in [3.8, 4) is 0 Å². The first-order chi connectivity index (χ1) is 10.4. The van der Waals surface area contributed by atoms with Gasteiger partial charge in [0.25, 0.3) is 0 Å². The molecule has 6 heteroatoms. The standard InChI is InChI=1S/C16H20BrFN2O2/c1-10(2)8-20-9-12(6-15(20)21)16(22)19-7-11-5-13(17)3-4-14(11)18/h3-5,10,12H,6-9H2,1-2H3,(H,19,22). The molecular formula is C16H20BrFN2O2. The van der Waals surface area contributed by atoms with Crippen LogP contribution in [-0.2, 0) is 16.1 Å². The molecule has 1 aliphatic rings. The lowest BCUT2D eigenvalue weighted by atomic mass is 10.1. The largest absolute Gasteiger partial charge is 0.352 e. The van der Waals surface area contributed by atoms with Gasteiger partial charge in [0, 0.05) is 36.1 Å². The van der Waals surface area contributed by atoms with Gasteiger partial charge in [0.05, 0.1) is 5.92 Å². The molecule has 1 saturated heterocycles. The number of halogens is 2. The SMILES string of the molecule is CC(C)CN1CC(C(=O)NCc2cc(Br)ccc2F)CC1=O. The third-order valence-corrected chi connectivity index (χ3v) is 4.12. The maximum atomic E-state index is 13.6. The number of amides is 2. The average Bonchev–Trinajstić information content (AvgIpc) is 2.80. The second-order valence-corrected chi connectivity index (χ2v) is 6.96. The Morgan fingerprint density at radius 2 is 2.23 bits per heavy atom. The van der Waals surface area contributed by atoms with Gasteiger partial charge in [-0.15, -0.1) is 0 Å². The first-order valence-corrected chi connectivity index (χ1v) is 8.15. The zero-order valence-corrected chi connectivity index (χ0v) is 14.3. The van der Waals surface area contributed by atoms with E-state index in [9.17, 15) is 14.0 Å². The van der Waals surface area contributed by atoms with Gasteiger partial charge < -0.3 is 10.2 Å². The quantitative estimate of drug-likeness (QED) is 0.865. The van der Waals surface area contributed by atoms with Crippen LogP contribution >= 0.6 is 15.9 Å². The van der Waals surface area contributed by atoms with Crippen LogP contribution in [0.25, 0.3) is 0 Å². The summed E-state index contributed by atoms with van der Waals surface area (Å²) in [7, 11) is 0. The number of carbonyl (C=O) groups is 2. The van der Waals surface area contributed by atoms with Gasteiger partial charge in [-0.3, -0.25) is 9.59 Å². The third kappa shape index (κ3) is 4.29. The number of nitrogens with one attached hydrogen (secondary N) is 1. The number of carbonyl (C=O) groups excluding carboxylic acids is 2. The lowest BCUT2D eigenvalue weighted by Crippen LogP contribution is -2.34. The van der Waals surface area contributed by atoms with Crippen molar-refractivity contribution in [3.63, 3.8) is 0 Å². The molecule has 0 aromatic heterocycles. The number of likely N-dealkylation sites (tertiary alicyclic amines) is 1. The van der Waals surface area contributed by atoms with E-state index in [-0.39, 0.29) is 36.5 Å². The Morgan fingerprint density at radius 1 is 1.50 bits per heavy atom. The first kappa shape index (κ1) is 16.9.